The molecule has 1 aromatic heterocycles. The second-order valence-corrected chi connectivity index (χ2v) is 7.61. The molecule has 1 heterocycles. The molecule has 7 nitrogen and oxygen atoms in total. The number of hydrogen-bond acceptors (Lipinski definition) is 5. The minimum Gasteiger partial charge on any atom is -0.377 e. The molecule has 0 aliphatic rings. The zero-order chi connectivity index (χ0) is 22.3. The lowest BCUT2D eigenvalue weighted by molar-refractivity contribution is -0.671. The van der Waals surface area contributed by atoms with E-state index in [1.165, 1.54) is 16.8 Å². The van der Waals surface area contributed by atoms with E-state index in [1.54, 1.807) is 0 Å². The minimum absolute atomic E-state index is 0.576. The third-order valence-corrected chi connectivity index (χ3v) is 5.18. The third kappa shape index (κ3) is 10.3. The number of hydrogen-bond donors (Lipinski definition) is 0. The van der Waals surface area contributed by atoms with Gasteiger partial charge < -0.3 is 23.8 Å². The highest BCUT2D eigenvalue weighted by molar-refractivity contribution is 5.50. The van der Waals surface area contributed by atoms with E-state index in [4.69, 9.17) is 18.9 Å². The molecule has 1 aromatic carbocycles. The maximum atomic E-state index is 5.72. The molecule has 2 rings (SSSR count). The lowest BCUT2D eigenvalue weighted by Gasteiger charge is -2.24. The maximum absolute atomic E-state index is 5.72. The van der Waals surface area contributed by atoms with Gasteiger partial charge in [-0.1, -0.05) is 6.07 Å². The fourth-order valence-corrected chi connectivity index (χ4v) is 3.13. The second-order valence-electron chi connectivity index (χ2n) is 7.61. The van der Waals surface area contributed by atoms with Crippen LogP contribution in [0.3, 0.4) is 0 Å². The topological polar surface area (TPSA) is 49.0 Å². The average Bonchev–Trinajstić information content (AvgIpc) is 3.18. The van der Waals surface area contributed by atoms with E-state index in [1.807, 2.05) is 30.3 Å². The summed E-state index contributed by atoms with van der Waals surface area (Å²) in [7, 11) is 2.01. The van der Waals surface area contributed by atoms with Gasteiger partial charge in [0.1, 0.15) is 18.9 Å². The van der Waals surface area contributed by atoms with Crippen molar-refractivity contribution in [1.82, 2.24) is 4.57 Å². The quantitative estimate of drug-likeness (QED) is 0.283. The smallest absolute Gasteiger partial charge is 0.243 e. The SMILES string of the molecule is CCN(CCOCCOCCOCCOCCn1cc[n+](C)c1)c1ccc(C)c(C)c1. The van der Waals surface area contributed by atoms with Gasteiger partial charge in [0.25, 0.3) is 0 Å². The molecular weight excluding hydrogens is 394 g/mol. The summed E-state index contributed by atoms with van der Waals surface area (Å²) in [6, 6.07) is 6.61. The van der Waals surface area contributed by atoms with Crippen LogP contribution in [0.5, 0.6) is 0 Å². The highest BCUT2D eigenvalue weighted by Gasteiger charge is 2.05. The maximum Gasteiger partial charge on any atom is 0.243 e. The average molecular weight is 435 g/mol. The predicted molar refractivity (Wildman–Crippen MR) is 123 cm³/mol. The largest absolute Gasteiger partial charge is 0.377 e. The summed E-state index contributed by atoms with van der Waals surface area (Å²) in [6.07, 6.45) is 6.08. The van der Waals surface area contributed by atoms with Crippen LogP contribution < -0.4 is 9.47 Å². The van der Waals surface area contributed by atoms with Crippen LogP contribution in [0.1, 0.15) is 18.1 Å². The standard InChI is InChI=1S/C24H40N3O4/c1-5-27(24-7-6-22(2)23(3)20-24)11-13-29-15-17-31-19-18-30-16-14-28-12-10-26-9-8-25(4)21-26/h6-9,20-21H,5,10-19H2,1-4H3/q+1. The molecule has 0 aliphatic carbocycles. The summed E-state index contributed by atoms with van der Waals surface area (Å²) in [5.41, 5.74) is 3.91. The molecular formula is C24H40N3O4+. The highest BCUT2D eigenvalue weighted by Crippen LogP contribution is 2.18. The normalized spacial score (nSPS) is 11.2. The van der Waals surface area contributed by atoms with Crippen LogP contribution in [0.15, 0.2) is 36.9 Å². The zero-order valence-electron chi connectivity index (χ0n) is 19.7. The fraction of sp³-hybridized carbons (Fsp3) is 0.625. The van der Waals surface area contributed by atoms with Crippen LogP contribution >= 0.6 is 0 Å². The summed E-state index contributed by atoms with van der Waals surface area (Å²) in [6.45, 7) is 14.1. The molecule has 0 unspecified atom stereocenters. The number of likely N-dealkylation sites (N-methyl/N-ethyl adjacent to an activating group) is 1. The summed E-state index contributed by atoms with van der Waals surface area (Å²) in [5.74, 6) is 0. The Labute approximate surface area is 187 Å². The molecule has 0 radical (unpaired) electrons. The van der Waals surface area contributed by atoms with Crippen LogP contribution in [-0.2, 0) is 32.5 Å². The van der Waals surface area contributed by atoms with Gasteiger partial charge in [-0.3, -0.25) is 0 Å². The molecule has 2 aromatic rings. The van der Waals surface area contributed by atoms with E-state index >= 15 is 0 Å². The monoisotopic (exact) mass is 434 g/mol. The van der Waals surface area contributed by atoms with Crippen molar-refractivity contribution in [2.45, 2.75) is 27.3 Å². The summed E-state index contributed by atoms with van der Waals surface area (Å²) in [5, 5.41) is 0. The molecule has 0 atom stereocenters. The number of nitrogens with zero attached hydrogens (tertiary/aromatic N) is 3. The molecule has 0 aliphatic heterocycles. The number of imidazole rings is 1. The molecule has 0 bridgehead atoms. The molecule has 0 amide bonds. The predicted octanol–water partition coefficient (Wildman–Crippen LogP) is 2.52. The van der Waals surface area contributed by atoms with Gasteiger partial charge >= 0.3 is 0 Å². The van der Waals surface area contributed by atoms with Crippen LogP contribution in [0.2, 0.25) is 0 Å². The van der Waals surface area contributed by atoms with Gasteiger partial charge in [-0.15, -0.1) is 0 Å². The first kappa shape index (κ1) is 25.3. The van der Waals surface area contributed by atoms with Gasteiger partial charge in [0, 0.05) is 18.8 Å². The number of ether oxygens (including phenoxy) is 4. The lowest BCUT2D eigenvalue weighted by Crippen LogP contribution is -2.27. The van der Waals surface area contributed by atoms with Gasteiger partial charge in [0.2, 0.25) is 6.33 Å². The number of rotatable bonds is 17. The highest BCUT2D eigenvalue weighted by atomic mass is 16.6. The Balaban J connectivity index is 1.38. The second kappa shape index (κ2) is 15.0. The van der Waals surface area contributed by atoms with Crippen molar-refractivity contribution in [3.63, 3.8) is 0 Å². The Morgan fingerprint density at radius 3 is 2.00 bits per heavy atom. The first-order valence-corrected chi connectivity index (χ1v) is 11.2. The van der Waals surface area contributed by atoms with Crippen molar-refractivity contribution in [2.24, 2.45) is 7.05 Å². The van der Waals surface area contributed by atoms with Crippen LogP contribution in [0.4, 0.5) is 5.69 Å². The molecule has 0 saturated heterocycles. The zero-order valence-corrected chi connectivity index (χ0v) is 19.7. The van der Waals surface area contributed by atoms with Gasteiger partial charge in [0.05, 0.1) is 59.9 Å². The van der Waals surface area contributed by atoms with E-state index in [0.29, 0.717) is 52.9 Å². The number of aryl methyl sites for hydroxylation is 3. The van der Waals surface area contributed by atoms with Crippen molar-refractivity contribution in [1.29, 1.82) is 0 Å². The van der Waals surface area contributed by atoms with Crippen LogP contribution in [0.25, 0.3) is 0 Å². The summed E-state index contributed by atoms with van der Waals surface area (Å²) in [4.78, 5) is 2.34. The van der Waals surface area contributed by atoms with Gasteiger partial charge in [-0.2, -0.15) is 0 Å². The summed E-state index contributed by atoms with van der Waals surface area (Å²) < 4.78 is 26.5. The number of anilines is 1. The molecule has 0 fully saturated rings. The summed E-state index contributed by atoms with van der Waals surface area (Å²) >= 11 is 0. The Kier molecular flexibility index (Phi) is 12.2. The first-order chi connectivity index (χ1) is 15.1. The van der Waals surface area contributed by atoms with E-state index in [-0.39, 0.29) is 0 Å². The van der Waals surface area contributed by atoms with E-state index in [9.17, 15) is 0 Å². The van der Waals surface area contributed by atoms with Crippen molar-refractivity contribution in [3.05, 3.63) is 48.0 Å². The lowest BCUT2D eigenvalue weighted by atomic mass is 10.1. The van der Waals surface area contributed by atoms with Gasteiger partial charge in [-0.05, 0) is 44.0 Å². The molecule has 0 saturated carbocycles. The molecule has 7 heteroatoms. The first-order valence-electron chi connectivity index (χ1n) is 11.2. The van der Waals surface area contributed by atoms with E-state index in [2.05, 4.69) is 48.4 Å². The molecule has 31 heavy (non-hydrogen) atoms. The number of benzene rings is 1. The Morgan fingerprint density at radius 2 is 1.45 bits per heavy atom. The van der Waals surface area contributed by atoms with Crippen molar-refractivity contribution >= 4 is 5.69 Å². The van der Waals surface area contributed by atoms with E-state index < -0.39 is 0 Å². The third-order valence-electron chi connectivity index (χ3n) is 5.18. The molecule has 0 N–H and O–H groups in total. The van der Waals surface area contributed by atoms with Crippen molar-refractivity contribution in [3.8, 4) is 0 Å². The molecule has 174 valence electrons. The van der Waals surface area contributed by atoms with E-state index in [0.717, 1.165) is 19.6 Å². The van der Waals surface area contributed by atoms with Crippen LogP contribution in [-0.4, -0.2) is 70.5 Å². The number of aromatic nitrogens is 2. The Bertz CT molecular complexity index is 735. The Hall–Kier alpha value is -1.93. The van der Waals surface area contributed by atoms with Crippen molar-refractivity contribution < 1.29 is 23.5 Å². The van der Waals surface area contributed by atoms with Gasteiger partial charge in [0.15, 0.2) is 0 Å². The minimum atomic E-state index is 0.576. The Morgan fingerprint density at radius 1 is 0.839 bits per heavy atom. The molecule has 0 spiro atoms. The van der Waals surface area contributed by atoms with Gasteiger partial charge in [-0.25, -0.2) is 9.13 Å². The van der Waals surface area contributed by atoms with Crippen molar-refractivity contribution in [2.75, 3.05) is 70.8 Å². The van der Waals surface area contributed by atoms with Crippen LogP contribution in [0, 0.1) is 13.8 Å². The fourth-order valence-electron chi connectivity index (χ4n) is 3.13.